The Labute approximate surface area is 76.3 Å². The number of esters is 1. The first-order chi connectivity index (χ1) is 6.33. The molecular formula is C10H10O3. The molecule has 0 unspecified atom stereocenters. The van der Waals surface area contributed by atoms with Crippen LogP contribution in [-0.4, -0.2) is 12.3 Å². The van der Waals surface area contributed by atoms with Gasteiger partial charge in [0.15, 0.2) is 0 Å². The first-order valence-corrected chi connectivity index (χ1v) is 3.96. The van der Waals surface area contributed by atoms with Gasteiger partial charge in [-0.1, -0.05) is 30.3 Å². The molecule has 3 nitrogen and oxygen atoms in total. The minimum absolute atomic E-state index is 0.174. The van der Waals surface area contributed by atoms with Crippen LogP contribution in [0, 0.1) is 0 Å². The van der Waals surface area contributed by atoms with Crippen LogP contribution in [0.2, 0.25) is 0 Å². The molecule has 0 amide bonds. The monoisotopic (exact) mass is 178 g/mol. The van der Waals surface area contributed by atoms with Crippen molar-refractivity contribution in [3.63, 3.8) is 0 Å². The number of ether oxygens (including phenoxy) is 1. The first-order valence-electron chi connectivity index (χ1n) is 3.96. The Morgan fingerprint density at radius 2 is 2.00 bits per heavy atom. The van der Waals surface area contributed by atoms with E-state index in [0.29, 0.717) is 6.29 Å². The third-order valence-corrected chi connectivity index (χ3v) is 1.49. The summed E-state index contributed by atoms with van der Waals surface area (Å²) in [4.78, 5) is 20.7. The minimum Gasteiger partial charge on any atom is -0.460 e. The number of benzene rings is 1. The summed E-state index contributed by atoms with van der Waals surface area (Å²) in [6, 6.07) is 9.32. The third kappa shape index (κ3) is 3.51. The third-order valence-electron chi connectivity index (χ3n) is 1.49. The Kier molecular flexibility index (Phi) is 3.70. The molecule has 0 radical (unpaired) electrons. The Morgan fingerprint density at radius 3 is 2.62 bits per heavy atom. The second-order valence-electron chi connectivity index (χ2n) is 2.52. The van der Waals surface area contributed by atoms with Crippen molar-refractivity contribution in [3.8, 4) is 0 Å². The molecule has 0 aliphatic heterocycles. The number of aldehydes is 1. The van der Waals surface area contributed by atoms with Crippen LogP contribution in [-0.2, 0) is 20.9 Å². The second kappa shape index (κ2) is 5.09. The maximum atomic E-state index is 10.8. The van der Waals surface area contributed by atoms with E-state index in [1.165, 1.54) is 0 Å². The molecule has 0 N–H and O–H groups in total. The normalized spacial score (nSPS) is 9.23. The zero-order chi connectivity index (χ0) is 9.52. The molecular weight excluding hydrogens is 168 g/mol. The highest BCUT2D eigenvalue weighted by Gasteiger charge is 2.00. The quantitative estimate of drug-likeness (QED) is 0.396. The van der Waals surface area contributed by atoms with Crippen LogP contribution in [0.25, 0.3) is 0 Å². The lowest BCUT2D eigenvalue weighted by Crippen LogP contribution is -2.04. The van der Waals surface area contributed by atoms with Gasteiger partial charge in [0.2, 0.25) is 0 Å². The summed E-state index contributed by atoms with van der Waals surface area (Å²) in [7, 11) is 0. The molecule has 0 aliphatic carbocycles. The molecule has 0 bridgehead atoms. The Bertz CT molecular complexity index is 279. The van der Waals surface area contributed by atoms with Gasteiger partial charge in [-0.2, -0.15) is 0 Å². The molecule has 0 saturated heterocycles. The highest BCUT2D eigenvalue weighted by atomic mass is 16.5. The van der Waals surface area contributed by atoms with E-state index >= 15 is 0 Å². The van der Waals surface area contributed by atoms with Crippen LogP contribution in [0.1, 0.15) is 12.0 Å². The average Bonchev–Trinajstić information content (AvgIpc) is 2.17. The minimum atomic E-state index is -0.487. The summed E-state index contributed by atoms with van der Waals surface area (Å²) in [5.74, 6) is -0.487. The number of carbonyl (C=O) groups is 2. The fourth-order valence-electron chi connectivity index (χ4n) is 0.865. The first kappa shape index (κ1) is 9.45. The van der Waals surface area contributed by atoms with Gasteiger partial charge in [-0.3, -0.25) is 4.79 Å². The van der Waals surface area contributed by atoms with E-state index in [9.17, 15) is 9.59 Å². The van der Waals surface area contributed by atoms with Crippen molar-refractivity contribution >= 4 is 12.3 Å². The smallest absolute Gasteiger partial charge is 0.313 e. The van der Waals surface area contributed by atoms with Crippen LogP contribution >= 0.6 is 0 Å². The van der Waals surface area contributed by atoms with Gasteiger partial charge in [-0.25, -0.2) is 0 Å². The van der Waals surface area contributed by atoms with Crippen molar-refractivity contribution < 1.29 is 14.3 Å². The van der Waals surface area contributed by atoms with Gasteiger partial charge in [0, 0.05) is 0 Å². The van der Waals surface area contributed by atoms with Crippen molar-refractivity contribution in [1.82, 2.24) is 0 Å². The molecule has 3 heteroatoms. The molecule has 1 aromatic carbocycles. The zero-order valence-corrected chi connectivity index (χ0v) is 7.10. The van der Waals surface area contributed by atoms with Crippen molar-refractivity contribution in [2.45, 2.75) is 13.0 Å². The number of carbonyl (C=O) groups excluding carboxylic acids is 2. The van der Waals surface area contributed by atoms with E-state index in [2.05, 4.69) is 0 Å². The summed E-state index contributed by atoms with van der Waals surface area (Å²) in [5, 5.41) is 0. The van der Waals surface area contributed by atoms with E-state index in [-0.39, 0.29) is 13.0 Å². The lowest BCUT2D eigenvalue weighted by Gasteiger charge is -2.01. The molecule has 1 rings (SSSR count). The van der Waals surface area contributed by atoms with E-state index in [0.717, 1.165) is 5.56 Å². The molecule has 13 heavy (non-hydrogen) atoms. The highest BCUT2D eigenvalue weighted by molar-refractivity contribution is 5.83. The summed E-state index contributed by atoms with van der Waals surface area (Å²) in [6.45, 7) is 0.230. The van der Waals surface area contributed by atoms with Gasteiger partial charge >= 0.3 is 5.97 Å². The molecule has 0 aliphatic rings. The largest absolute Gasteiger partial charge is 0.460 e. The van der Waals surface area contributed by atoms with E-state index in [4.69, 9.17) is 4.74 Å². The number of rotatable bonds is 4. The van der Waals surface area contributed by atoms with Crippen molar-refractivity contribution in [3.05, 3.63) is 35.9 Å². The number of hydrogen-bond acceptors (Lipinski definition) is 3. The maximum absolute atomic E-state index is 10.8. The molecule has 0 heterocycles. The average molecular weight is 178 g/mol. The second-order valence-corrected chi connectivity index (χ2v) is 2.52. The predicted octanol–water partition coefficient (Wildman–Crippen LogP) is 1.32. The summed E-state index contributed by atoms with van der Waals surface area (Å²) in [5.41, 5.74) is 0.918. The Morgan fingerprint density at radius 1 is 1.31 bits per heavy atom. The molecule has 68 valence electrons. The SMILES string of the molecule is O=CCC(=O)OCc1ccccc1. The lowest BCUT2D eigenvalue weighted by molar-refractivity contribution is -0.145. The fourth-order valence-corrected chi connectivity index (χ4v) is 0.865. The lowest BCUT2D eigenvalue weighted by atomic mass is 10.2. The Hall–Kier alpha value is -1.64. The molecule has 0 atom stereocenters. The van der Waals surface area contributed by atoms with Crippen LogP contribution in [0.3, 0.4) is 0 Å². The fraction of sp³-hybridized carbons (Fsp3) is 0.200. The van der Waals surface area contributed by atoms with Crippen LogP contribution in [0.15, 0.2) is 30.3 Å². The number of hydrogen-bond donors (Lipinski definition) is 0. The van der Waals surface area contributed by atoms with E-state index < -0.39 is 5.97 Å². The summed E-state index contributed by atoms with van der Waals surface area (Å²) in [6.07, 6.45) is 0.361. The van der Waals surface area contributed by atoms with Crippen molar-refractivity contribution in [2.75, 3.05) is 0 Å². The van der Waals surface area contributed by atoms with E-state index in [1.807, 2.05) is 30.3 Å². The summed E-state index contributed by atoms with van der Waals surface area (Å²) >= 11 is 0. The van der Waals surface area contributed by atoms with E-state index in [1.54, 1.807) is 0 Å². The molecule has 0 saturated carbocycles. The van der Waals surface area contributed by atoms with Gasteiger partial charge in [-0.15, -0.1) is 0 Å². The van der Waals surface area contributed by atoms with Gasteiger partial charge < -0.3 is 9.53 Å². The van der Waals surface area contributed by atoms with Gasteiger partial charge in [0.05, 0.1) is 0 Å². The summed E-state index contributed by atoms with van der Waals surface area (Å²) < 4.78 is 4.80. The molecule has 0 aromatic heterocycles. The van der Waals surface area contributed by atoms with Gasteiger partial charge in [-0.05, 0) is 5.56 Å². The molecule has 0 fully saturated rings. The van der Waals surface area contributed by atoms with Crippen molar-refractivity contribution in [2.24, 2.45) is 0 Å². The molecule has 0 spiro atoms. The van der Waals surface area contributed by atoms with Crippen LogP contribution in [0.5, 0.6) is 0 Å². The topological polar surface area (TPSA) is 43.4 Å². The highest BCUT2D eigenvalue weighted by Crippen LogP contribution is 2.00. The standard InChI is InChI=1S/C10H10O3/c11-7-6-10(12)13-8-9-4-2-1-3-5-9/h1-5,7H,6,8H2. The van der Waals surface area contributed by atoms with Crippen LogP contribution < -0.4 is 0 Å². The van der Waals surface area contributed by atoms with Crippen LogP contribution in [0.4, 0.5) is 0 Å². The van der Waals surface area contributed by atoms with Gasteiger partial charge in [0.1, 0.15) is 19.3 Å². The predicted molar refractivity (Wildman–Crippen MR) is 46.9 cm³/mol. The zero-order valence-electron chi connectivity index (χ0n) is 7.10. The van der Waals surface area contributed by atoms with Crippen molar-refractivity contribution in [1.29, 1.82) is 0 Å². The maximum Gasteiger partial charge on any atom is 0.313 e. The molecule has 1 aromatic rings. The van der Waals surface area contributed by atoms with Gasteiger partial charge in [0.25, 0.3) is 0 Å². The Balaban J connectivity index is 2.35.